The molecule has 0 unspecified atom stereocenters. The van der Waals surface area contributed by atoms with Crippen LogP contribution >= 0.6 is 0 Å². The first-order valence-corrected chi connectivity index (χ1v) is 3.87. The van der Waals surface area contributed by atoms with Crippen LogP contribution in [0.2, 0.25) is 0 Å². The van der Waals surface area contributed by atoms with Crippen LogP contribution in [-0.2, 0) is 0 Å². The minimum absolute atomic E-state index is 0.0782. The van der Waals surface area contributed by atoms with Crippen molar-refractivity contribution in [3.8, 4) is 5.75 Å². The number of nitrogens with zero attached hydrogens (tertiary/aromatic N) is 1. The molecule has 0 heterocycles. The van der Waals surface area contributed by atoms with Crippen LogP contribution in [0.15, 0.2) is 29.4 Å². The molecular weight excluding hydrogens is 192 g/mol. The average molecular weight is 201 g/mol. The molecule has 0 saturated carbocycles. The van der Waals surface area contributed by atoms with Gasteiger partial charge in [-0.1, -0.05) is 5.16 Å². The summed E-state index contributed by atoms with van der Waals surface area (Å²) >= 11 is 0. The first-order valence-electron chi connectivity index (χ1n) is 3.87. The van der Waals surface area contributed by atoms with Gasteiger partial charge < -0.3 is 9.94 Å². The fourth-order valence-electron chi connectivity index (χ4n) is 0.935. The molecule has 0 radical (unpaired) electrons. The molecule has 0 fully saturated rings. The van der Waals surface area contributed by atoms with E-state index < -0.39 is 6.61 Å². The highest BCUT2D eigenvalue weighted by atomic mass is 19.3. The summed E-state index contributed by atoms with van der Waals surface area (Å²) in [6.07, 6.45) is 0. The van der Waals surface area contributed by atoms with Crippen molar-refractivity contribution in [1.82, 2.24) is 0 Å². The molecule has 1 rings (SSSR count). The molecule has 14 heavy (non-hydrogen) atoms. The Morgan fingerprint density at radius 3 is 2.36 bits per heavy atom. The van der Waals surface area contributed by atoms with Gasteiger partial charge in [-0.05, 0) is 36.8 Å². The number of alkyl halides is 2. The van der Waals surface area contributed by atoms with Gasteiger partial charge >= 0.3 is 6.61 Å². The zero-order chi connectivity index (χ0) is 10.6. The molecular formula is C9H9F2NO2. The summed E-state index contributed by atoms with van der Waals surface area (Å²) in [5.74, 6) is 0.0782. The number of benzene rings is 1. The third kappa shape index (κ3) is 2.69. The Hall–Kier alpha value is -1.65. The van der Waals surface area contributed by atoms with E-state index in [1.807, 2.05) is 0 Å². The minimum Gasteiger partial charge on any atom is -0.435 e. The van der Waals surface area contributed by atoms with Crippen LogP contribution in [0.25, 0.3) is 0 Å². The Kier molecular flexibility index (Phi) is 3.39. The normalized spacial score (nSPS) is 11.9. The first-order chi connectivity index (χ1) is 6.63. The smallest absolute Gasteiger partial charge is 0.387 e. The summed E-state index contributed by atoms with van der Waals surface area (Å²) in [5, 5.41) is 11.4. The van der Waals surface area contributed by atoms with Crippen LogP contribution in [0.3, 0.4) is 0 Å². The maximum absolute atomic E-state index is 11.8. The van der Waals surface area contributed by atoms with E-state index in [2.05, 4.69) is 9.89 Å². The Balaban J connectivity index is 2.78. The molecule has 76 valence electrons. The van der Waals surface area contributed by atoms with E-state index in [-0.39, 0.29) is 5.75 Å². The van der Waals surface area contributed by atoms with E-state index in [0.717, 1.165) is 0 Å². The summed E-state index contributed by atoms with van der Waals surface area (Å²) in [6, 6.07) is 5.84. The molecule has 0 amide bonds. The topological polar surface area (TPSA) is 41.8 Å². The second kappa shape index (κ2) is 4.55. The molecule has 5 heteroatoms. The van der Waals surface area contributed by atoms with Gasteiger partial charge in [0.2, 0.25) is 0 Å². The zero-order valence-electron chi connectivity index (χ0n) is 7.45. The fraction of sp³-hybridized carbons (Fsp3) is 0.222. The third-order valence-corrected chi connectivity index (χ3v) is 1.65. The molecule has 0 bridgehead atoms. The lowest BCUT2D eigenvalue weighted by Crippen LogP contribution is -2.02. The van der Waals surface area contributed by atoms with E-state index in [9.17, 15) is 8.78 Å². The first kappa shape index (κ1) is 10.4. The van der Waals surface area contributed by atoms with Crippen LogP contribution in [0.4, 0.5) is 8.78 Å². The van der Waals surface area contributed by atoms with E-state index in [4.69, 9.17) is 5.21 Å². The van der Waals surface area contributed by atoms with Crippen molar-refractivity contribution >= 4 is 5.71 Å². The molecule has 1 N–H and O–H groups in total. The monoisotopic (exact) mass is 201 g/mol. The van der Waals surface area contributed by atoms with Crippen LogP contribution in [-0.4, -0.2) is 17.5 Å². The predicted octanol–water partition coefficient (Wildman–Crippen LogP) is 2.49. The summed E-state index contributed by atoms with van der Waals surface area (Å²) < 4.78 is 27.7. The number of oxime groups is 1. The molecule has 0 aromatic heterocycles. The molecule has 0 spiro atoms. The molecule has 1 aromatic rings. The molecule has 0 aliphatic heterocycles. The Morgan fingerprint density at radius 2 is 1.93 bits per heavy atom. The van der Waals surface area contributed by atoms with Gasteiger partial charge in [0.05, 0.1) is 5.71 Å². The summed E-state index contributed by atoms with van der Waals surface area (Å²) in [6.45, 7) is -1.23. The SMILES string of the molecule is CC(=NO)c1ccc(OC(F)F)cc1. The van der Waals surface area contributed by atoms with Gasteiger partial charge in [-0.3, -0.25) is 0 Å². The van der Waals surface area contributed by atoms with Crippen molar-refractivity contribution < 1.29 is 18.7 Å². The van der Waals surface area contributed by atoms with Crippen molar-refractivity contribution in [3.05, 3.63) is 29.8 Å². The summed E-state index contributed by atoms with van der Waals surface area (Å²) in [5.41, 5.74) is 1.06. The summed E-state index contributed by atoms with van der Waals surface area (Å²) in [4.78, 5) is 0. The number of hydrogen-bond donors (Lipinski definition) is 1. The maximum Gasteiger partial charge on any atom is 0.387 e. The molecule has 3 nitrogen and oxygen atoms in total. The van der Waals surface area contributed by atoms with E-state index in [1.54, 1.807) is 6.92 Å². The highest BCUT2D eigenvalue weighted by Gasteiger charge is 2.04. The molecule has 1 aromatic carbocycles. The number of ether oxygens (including phenoxy) is 1. The zero-order valence-corrected chi connectivity index (χ0v) is 7.45. The van der Waals surface area contributed by atoms with Gasteiger partial charge in [-0.2, -0.15) is 8.78 Å². The van der Waals surface area contributed by atoms with Gasteiger partial charge in [-0.25, -0.2) is 0 Å². The second-order valence-corrected chi connectivity index (χ2v) is 2.59. The van der Waals surface area contributed by atoms with Gasteiger partial charge in [0.25, 0.3) is 0 Å². The van der Waals surface area contributed by atoms with E-state index >= 15 is 0 Å². The highest BCUT2D eigenvalue weighted by Crippen LogP contribution is 2.15. The predicted molar refractivity (Wildman–Crippen MR) is 47.1 cm³/mol. The number of halogens is 2. The van der Waals surface area contributed by atoms with Crippen molar-refractivity contribution in [2.45, 2.75) is 13.5 Å². The van der Waals surface area contributed by atoms with Crippen molar-refractivity contribution in [2.24, 2.45) is 5.16 Å². The standard InChI is InChI=1S/C9H9F2NO2/c1-6(12-13)7-2-4-8(5-3-7)14-9(10)11/h2-5,9,13H,1H3. The quantitative estimate of drug-likeness (QED) is 0.463. The molecule has 0 aliphatic rings. The van der Waals surface area contributed by atoms with Gasteiger partial charge in [0.15, 0.2) is 0 Å². The van der Waals surface area contributed by atoms with Crippen molar-refractivity contribution in [2.75, 3.05) is 0 Å². The van der Waals surface area contributed by atoms with Crippen LogP contribution < -0.4 is 4.74 Å². The van der Waals surface area contributed by atoms with E-state index in [1.165, 1.54) is 24.3 Å². The van der Waals surface area contributed by atoms with Gasteiger partial charge in [0.1, 0.15) is 5.75 Å². The van der Waals surface area contributed by atoms with E-state index in [0.29, 0.717) is 11.3 Å². The van der Waals surface area contributed by atoms with Crippen molar-refractivity contribution in [1.29, 1.82) is 0 Å². The Morgan fingerprint density at radius 1 is 1.36 bits per heavy atom. The van der Waals surface area contributed by atoms with Gasteiger partial charge in [0, 0.05) is 0 Å². The van der Waals surface area contributed by atoms with Crippen LogP contribution in [0.5, 0.6) is 5.75 Å². The average Bonchev–Trinajstić information content (AvgIpc) is 2.17. The lowest BCUT2D eigenvalue weighted by molar-refractivity contribution is -0.0498. The Bertz CT molecular complexity index is 322. The lowest BCUT2D eigenvalue weighted by Gasteiger charge is -2.04. The summed E-state index contributed by atoms with van der Waals surface area (Å²) in [7, 11) is 0. The maximum atomic E-state index is 11.8. The fourth-order valence-corrected chi connectivity index (χ4v) is 0.935. The molecule has 0 aliphatic carbocycles. The minimum atomic E-state index is -2.83. The van der Waals surface area contributed by atoms with Gasteiger partial charge in [-0.15, -0.1) is 0 Å². The number of rotatable bonds is 3. The second-order valence-electron chi connectivity index (χ2n) is 2.59. The van der Waals surface area contributed by atoms with Crippen molar-refractivity contribution in [3.63, 3.8) is 0 Å². The van der Waals surface area contributed by atoms with Crippen LogP contribution in [0, 0.1) is 0 Å². The highest BCUT2D eigenvalue weighted by molar-refractivity contribution is 5.98. The third-order valence-electron chi connectivity index (χ3n) is 1.65. The largest absolute Gasteiger partial charge is 0.435 e. The number of hydrogen-bond acceptors (Lipinski definition) is 3. The lowest BCUT2D eigenvalue weighted by atomic mass is 10.1. The molecule has 0 saturated heterocycles. The molecule has 0 atom stereocenters. The van der Waals surface area contributed by atoms with Crippen LogP contribution in [0.1, 0.15) is 12.5 Å². The Labute approximate surface area is 79.6 Å².